The molecule has 0 aliphatic heterocycles. The smallest absolute Gasteiger partial charge is 0.272 e. The van der Waals surface area contributed by atoms with Crippen LogP contribution in [0.15, 0.2) is 42.2 Å². The third kappa shape index (κ3) is 5.72. The van der Waals surface area contributed by atoms with E-state index in [0.717, 1.165) is 16.9 Å². The van der Waals surface area contributed by atoms with Crippen LogP contribution in [0.4, 0.5) is 0 Å². The van der Waals surface area contributed by atoms with Crippen LogP contribution in [-0.2, 0) is 9.53 Å². The molecular formula is C24H35N3O3. The Labute approximate surface area is 180 Å². The topological polar surface area (TPSA) is 61.9 Å². The van der Waals surface area contributed by atoms with Gasteiger partial charge in [0.2, 0.25) is 5.91 Å². The zero-order valence-electron chi connectivity index (χ0n) is 19.4. The van der Waals surface area contributed by atoms with E-state index < -0.39 is 11.5 Å². The van der Waals surface area contributed by atoms with Crippen molar-refractivity contribution in [2.75, 3.05) is 27.7 Å². The lowest BCUT2D eigenvalue weighted by molar-refractivity contribution is -0.131. The minimum absolute atomic E-state index is 0.131. The number of carbonyl (C=O) groups excluding carboxylic acids is 2. The number of amides is 2. The molecule has 0 spiro atoms. The zero-order chi connectivity index (χ0) is 22.6. The van der Waals surface area contributed by atoms with Crippen LogP contribution < -0.4 is 5.43 Å². The average molecular weight is 414 g/mol. The van der Waals surface area contributed by atoms with Crippen molar-refractivity contribution in [3.05, 3.63) is 58.9 Å². The summed E-state index contributed by atoms with van der Waals surface area (Å²) in [7, 11) is 5.55. The SMILES string of the molecule is COC1=CC=CC(C(=O)NN(C(=O)c2cc(C)cc(C)c2)C(C)(C)C)C1CN(C)C. The van der Waals surface area contributed by atoms with Crippen molar-refractivity contribution in [1.82, 2.24) is 15.3 Å². The molecule has 1 aliphatic carbocycles. The Kier molecular flexibility index (Phi) is 7.48. The van der Waals surface area contributed by atoms with Crippen molar-refractivity contribution in [2.24, 2.45) is 11.8 Å². The summed E-state index contributed by atoms with van der Waals surface area (Å²) in [6.07, 6.45) is 5.59. The van der Waals surface area contributed by atoms with Crippen LogP contribution in [0.2, 0.25) is 0 Å². The molecule has 0 heterocycles. The third-order valence-corrected chi connectivity index (χ3v) is 5.04. The molecule has 30 heavy (non-hydrogen) atoms. The number of nitrogens with zero attached hydrogens (tertiary/aromatic N) is 2. The summed E-state index contributed by atoms with van der Waals surface area (Å²) in [4.78, 5) is 28.7. The van der Waals surface area contributed by atoms with Crippen LogP contribution in [0.25, 0.3) is 0 Å². The van der Waals surface area contributed by atoms with Gasteiger partial charge in [0.15, 0.2) is 0 Å². The van der Waals surface area contributed by atoms with Crippen molar-refractivity contribution in [1.29, 1.82) is 0 Å². The van der Waals surface area contributed by atoms with E-state index in [2.05, 4.69) is 5.43 Å². The number of ether oxygens (including phenoxy) is 1. The summed E-state index contributed by atoms with van der Waals surface area (Å²) in [6.45, 7) is 10.3. The fourth-order valence-electron chi connectivity index (χ4n) is 3.73. The number of hydrazine groups is 1. The Bertz CT molecular complexity index is 829. The normalized spacial score (nSPS) is 18.8. The molecule has 0 fully saturated rings. The minimum Gasteiger partial charge on any atom is -0.501 e. The van der Waals surface area contributed by atoms with Crippen molar-refractivity contribution >= 4 is 11.8 Å². The molecular weight excluding hydrogens is 378 g/mol. The van der Waals surface area contributed by atoms with E-state index in [1.807, 2.05) is 90.0 Å². The number of allylic oxidation sites excluding steroid dienone is 2. The highest BCUT2D eigenvalue weighted by Crippen LogP contribution is 2.28. The first-order valence-electron chi connectivity index (χ1n) is 10.2. The lowest BCUT2D eigenvalue weighted by Crippen LogP contribution is -2.57. The first-order valence-corrected chi connectivity index (χ1v) is 10.2. The third-order valence-electron chi connectivity index (χ3n) is 5.04. The fourth-order valence-corrected chi connectivity index (χ4v) is 3.73. The number of rotatable bonds is 5. The summed E-state index contributed by atoms with van der Waals surface area (Å²) >= 11 is 0. The Morgan fingerprint density at radius 2 is 1.70 bits per heavy atom. The van der Waals surface area contributed by atoms with Gasteiger partial charge in [0.1, 0.15) is 5.76 Å². The van der Waals surface area contributed by atoms with E-state index in [4.69, 9.17) is 4.74 Å². The number of hydrogen-bond donors (Lipinski definition) is 1. The van der Waals surface area contributed by atoms with Crippen molar-refractivity contribution in [3.63, 3.8) is 0 Å². The molecule has 0 radical (unpaired) electrons. The summed E-state index contributed by atoms with van der Waals surface area (Å²) in [6, 6.07) is 5.72. The maximum absolute atomic E-state index is 13.3. The van der Waals surface area contributed by atoms with Gasteiger partial charge >= 0.3 is 0 Å². The van der Waals surface area contributed by atoms with E-state index in [-0.39, 0.29) is 17.7 Å². The Morgan fingerprint density at radius 3 is 2.20 bits per heavy atom. The van der Waals surface area contributed by atoms with Gasteiger partial charge in [-0.25, -0.2) is 5.01 Å². The number of methoxy groups -OCH3 is 1. The predicted octanol–water partition coefficient (Wildman–Crippen LogP) is 3.47. The molecule has 1 aromatic rings. The van der Waals surface area contributed by atoms with Gasteiger partial charge in [-0.1, -0.05) is 29.3 Å². The molecule has 1 aromatic carbocycles. The predicted molar refractivity (Wildman–Crippen MR) is 120 cm³/mol. The van der Waals surface area contributed by atoms with E-state index in [0.29, 0.717) is 12.1 Å². The van der Waals surface area contributed by atoms with Crippen molar-refractivity contribution < 1.29 is 14.3 Å². The molecule has 2 atom stereocenters. The molecule has 2 amide bonds. The second-order valence-electron chi connectivity index (χ2n) is 9.22. The molecule has 2 rings (SSSR count). The molecule has 6 nitrogen and oxygen atoms in total. The largest absolute Gasteiger partial charge is 0.501 e. The van der Waals surface area contributed by atoms with Crippen LogP contribution in [0, 0.1) is 25.7 Å². The standard InChI is InChI=1S/C24H35N3O3/c1-16-12-17(2)14-18(13-16)23(29)27(24(3,4)5)25-22(28)19-10-9-11-21(30-8)20(19)15-26(6)7/h9-14,19-20H,15H2,1-8H3,(H,25,28). The monoisotopic (exact) mass is 413 g/mol. The molecule has 1 N–H and O–H groups in total. The van der Waals surface area contributed by atoms with Gasteiger partial charge in [-0.2, -0.15) is 0 Å². The molecule has 6 heteroatoms. The minimum atomic E-state index is -0.597. The highest BCUT2D eigenvalue weighted by molar-refractivity contribution is 5.96. The van der Waals surface area contributed by atoms with E-state index in [9.17, 15) is 9.59 Å². The Hall–Kier alpha value is -2.60. The van der Waals surface area contributed by atoms with Gasteiger partial charge in [-0.15, -0.1) is 0 Å². The first kappa shape index (κ1) is 23.7. The van der Waals surface area contributed by atoms with E-state index in [1.54, 1.807) is 7.11 Å². The lowest BCUT2D eigenvalue weighted by Gasteiger charge is -2.38. The van der Waals surface area contributed by atoms with Crippen molar-refractivity contribution in [3.8, 4) is 0 Å². The average Bonchev–Trinajstić information content (AvgIpc) is 2.63. The summed E-state index contributed by atoms with van der Waals surface area (Å²) in [5, 5.41) is 1.44. The van der Waals surface area contributed by atoms with Gasteiger partial charge < -0.3 is 9.64 Å². The molecule has 0 aromatic heterocycles. The summed E-state index contributed by atoms with van der Waals surface area (Å²) < 4.78 is 5.52. The maximum atomic E-state index is 13.3. The fraction of sp³-hybridized carbons (Fsp3) is 0.500. The van der Waals surface area contributed by atoms with E-state index >= 15 is 0 Å². The summed E-state index contributed by atoms with van der Waals surface area (Å²) in [5.41, 5.74) is 4.88. The molecule has 0 bridgehead atoms. The second-order valence-corrected chi connectivity index (χ2v) is 9.22. The van der Waals surface area contributed by atoms with E-state index in [1.165, 1.54) is 5.01 Å². The molecule has 0 saturated heterocycles. The quantitative estimate of drug-likeness (QED) is 0.751. The van der Waals surface area contributed by atoms with Gasteiger partial charge in [0.25, 0.3) is 5.91 Å². The number of carbonyl (C=O) groups is 2. The van der Waals surface area contributed by atoms with Gasteiger partial charge in [0.05, 0.1) is 18.6 Å². The highest BCUT2D eigenvalue weighted by atomic mass is 16.5. The number of benzene rings is 1. The summed E-state index contributed by atoms with van der Waals surface area (Å²) in [5.74, 6) is -0.269. The zero-order valence-corrected chi connectivity index (χ0v) is 19.4. The number of nitrogens with one attached hydrogen (secondary N) is 1. The van der Waals surface area contributed by atoms with Crippen LogP contribution in [0.1, 0.15) is 42.3 Å². The van der Waals surface area contributed by atoms with Crippen molar-refractivity contribution in [2.45, 2.75) is 40.2 Å². The van der Waals surface area contributed by atoms with Gasteiger partial charge in [0, 0.05) is 18.0 Å². The molecule has 1 aliphatic rings. The molecule has 2 unspecified atom stereocenters. The van der Waals surface area contributed by atoms with Crippen LogP contribution in [-0.4, -0.2) is 55.0 Å². The van der Waals surface area contributed by atoms with Crippen LogP contribution >= 0.6 is 0 Å². The van der Waals surface area contributed by atoms with Gasteiger partial charge in [-0.05, 0) is 66.9 Å². The molecule has 164 valence electrons. The second kappa shape index (κ2) is 9.47. The Morgan fingerprint density at radius 1 is 1.10 bits per heavy atom. The van der Waals surface area contributed by atoms with Crippen LogP contribution in [0.3, 0.4) is 0 Å². The van der Waals surface area contributed by atoms with Gasteiger partial charge in [-0.3, -0.25) is 15.0 Å². The first-order chi connectivity index (χ1) is 13.9. The Balaban J connectivity index is 2.32. The van der Waals surface area contributed by atoms with Crippen LogP contribution in [0.5, 0.6) is 0 Å². The maximum Gasteiger partial charge on any atom is 0.272 e. The number of aryl methyl sites for hydroxylation is 2. The number of hydrogen-bond acceptors (Lipinski definition) is 4. The lowest BCUT2D eigenvalue weighted by atomic mass is 9.85. The molecule has 0 saturated carbocycles. The highest BCUT2D eigenvalue weighted by Gasteiger charge is 2.36.